The van der Waals surface area contributed by atoms with Crippen LogP contribution in [0.1, 0.15) is 22.8 Å². The SMILES string of the molecule is COc1cccc(CC(=O)N2CCN(c3ccc(C(C)=O)cc3)CC2)c1. The van der Waals surface area contributed by atoms with Gasteiger partial charge in [-0.2, -0.15) is 0 Å². The normalized spacial score (nSPS) is 14.2. The van der Waals surface area contributed by atoms with Crippen LogP contribution in [0.4, 0.5) is 5.69 Å². The zero-order chi connectivity index (χ0) is 18.5. The molecule has 0 atom stereocenters. The lowest BCUT2D eigenvalue weighted by atomic mass is 10.1. The van der Waals surface area contributed by atoms with Crippen molar-refractivity contribution in [3.63, 3.8) is 0 Å². The Morgan fingerprint density at radius 3 is 2.31 bits per heavy atom. The summed E-state index contributed by atoms with van der Waals surface area (Å²) in [6.07, 6.45) is 0.393. The van der Waals surface area contributed by atoms with Crippen LogP contribution >= 0.6 is 0 Å². The molecule has 0 radical (unpaired) electrons. The van der Waals surface area contributed by atoms with Crippen LogP contribution in [0, 0.1) is 0 Å². The number of nitrogens with zero attached hydrogens (tertiary/aromatic N) is 2. The van der Waals surface area contributed by atoms with Gasteiger partial charge in [0.1, 0.15) is 5.75 Å². The maximum atomic E-state index is 12.6. The Kier molecular flexibility index (Phi) is 5.56. The van der Waals surface area contributed by atoms with Gasteiger partial charge < -0.3 is 14.5 Å². The molecule has 1 heterocycles. The summed E-state index contributed by atoms with van der Waals surface area (Å²) in [6, 6.07) is 15.3. The van der Waals surface area contributed by atoms with E-state index in [1.54, 1.807) is 14.0 Å². The predicted molar refractivity (Wildman–Crippen MR) is 102 cm³/mol. The highest BCUT2D eigenvalue weighted by molar-refractivity contribution is 5.94. The number of ether oxygens (including phenoxy) is 1. The van der Waals surface area contributed by atoms with Crippen molar-refractivity contribution in [1.29, 1.82) is 0 Å². The molecule has 1 aliphatic heterocycles. The smallest absolute Gasteiger partial charge is 0.227 e. The number of benzene rings is 2. The predicted octanol–water partition coefficient (Wildman–Crippen LogP) is 2.79. The third kappa shape index (κ3) is 4.23. The Labute approximate surface area is 154 Å². The van der Waals surface area contributed by atoms with Gasteiger partial charge in [0.25, 0.3) is 0 Å². The van der Waals surface area contributed by atoms with E-state index in [9.17, 15) is 9.59 Å². The Hall–Kier alpha value is -2.82. The maximum Gasteiger partial charge on any atom is 0.227 e. The van der Waals surface area contributed by atoms with Crippen molar-refractivity contribution in [2.75, 3.05) is 38.2 Å². The number of amides is 1. The summed E-state index contributed by atoms with van der Waals surface area (Å²) in [4.78, 5) is 28.1. The monoisotopic (exact) mass is 352 g/mol. The topological polar surface area (TPSA) is 49.9 Å². The van der Waals surface area contributed by atoms with Crippen LogP contribution in [0.25, 0.3) is 0 Å². The maximum absolute atomic E-state index is 12.6. The molecule has 0 unspecified atom stereocenters. The van der Waals surface area contributed by atoms with Gasteiger partial charge in [0.2, 0.25) is 5.91 Å². The Balaban J connectivity index is 1.55. The highest BCUT2D eigenvalue weighted by Gasteiger charge is 2.21. The Morgan fingerprint density at radius 2 is 1.69 bits per heavy atom. The average Bonchev–Trinajstić information content (AvgIpc) is 2.68. The summed E-state index contributed by atoms with van der Waals surface area (Å²) in [5.41, 5.74) is 2.78. The van der Waals surface area contributed by atoms with E-state index in [-0.39, 0.29) is 11.7 Å². The number of ketones is 1. The molecular weight excluding hydrogens is 328 g/mol. The van der Waals surface area contributed by atoms with E-state index in [0.29, 0.717) is 19.5 Å². The molecule has 0 spiro atoms. The second kappa shape index (κ2) is 8.04. The minimum atomic E-state index is 0.0736. The Bertz CT molecular complexity index is 778. The first kappa shape index (κ1) is 18.0. The molecule has 0 aliphatic carbocycles. The van der Waals surface area contributed by atoms with E-state index in [4.69, 9.17) is 4.74 Å². The van der Waals surface area contributed by atoms with E-state index in [2.05, 4.69) is 4.90 Å². The molecule has 0 saturated carbocycles. The van der Waals surface area contributed by atoms with E-state index < -0.39 is 0 Å². The minimum absolute atomic E-state index is 0.0736. The zero-order valence-corrected chi connectivity index (χ0v) is 15.3. The number of rotatable bonds is 5. The summed E-state index contributed by atoms with van der Waals surface area (Å²) in [5.74, 6) is 0.989. The fourth-order valence-corrected chi connectivity index (χ4v) is 3.19. The van der Waals surface area contributed by atoms with Crippen LogP contribution in [-0.2, 0) is 11.2 Å². The third-order valence-electron chi connectivity index (χ3n) is 4.76. The lowest BCUT2D eigenvalue weighted by molar-refractivity contribution is -0.130. The fraction of sp³-hybridized carbons (Fsp3) is 0.333. The van der Waals surface area contributed by atoms with Gasteiger partial charge in [-0.25, -0.2) is 0 Å². The van der Waals surface area contributed by atoms with Gasteiger partial charge in [-0.15, -0.1) is 0 Å². The quantitative estimate of drug-likeness (QED) is 0.777. The van der Waals surface area contributed by atoms with Crippen molar-refractivity contribution in [3.8, 4) is 5.75 Å². The second-order valence-corrected chi connectivity index (χ2v) is 6.50. The van der Waals surface area contributed by atoms with Crippen LogP contribution in [0.15, 0.2) is 48.5 Å². The number of piperazine rings is 1. The van der Waals surface area contributed by atoms with Gasteiger partial charge in [-0.3, -0.25) is 9.59 Å². The number of anilines is 1. The summed E-state index contributed by atoms with van der Waals surface area (Å²) in [6.45, 7) is 4.57. The molecule has 0 aromatic heterocycles. The third-order valence-corrected chi connectivity index (χ3v) is 4.76. The molecular formula is C21H24N2O3. The Morgan fingerprint density at radius 1 is 1.00 bits per heavy atom. The highest BCUT2D eigenvalue weighted by Crippen LogP contribution is 2.19. The summed E-state index contributed by atoms with van der Waals surface area (Å²) in [7, 11) is 1.63. The molecule has 2 aromatic carbocycles. The van der Waals surface area contributed by atoms with Crippen LogP contribution in [-0.4, -0.2) is 49.9 Å². The number of carbonyl (C=O) groups excluding carboxylic acids is 2. The lowest BCUT2D eigenvalue weighted by Crippen LogP contribution is -2.49. The van der Waals surface area contributed by atoms with Crippen LogP contribution in [0.3, 0.4) is 0 Å². The zero-order valence-electron chi connectivity index (χ0n) is 15.3. The van der Waals surface area contributed by atoms with Crippen molar-refractivity contribution in [2.45, 2.75) is 13.3 Å². The molecule has 0 bridgehead atoms. The van der Waals surface area contributed by atoms with Gasteiger partial charge >= 0.3 is 0 Å². The van der Waals surface area contributed by atoms with Crippen molar-refractivity contribution in [2.24, 2.45) is 0 Å². The van der Waals surface area contributed by atoms with Crippen molar-refractivity contribution < 1.29 is 14.3 Å². The first-order valence-electron chi connectivity index (χ1n) is 8.83. The lowest BCUT2D eigenvalue weighted by Gasteiger charge is -2.36. The number of hydrogen-bond acceptors (Lipinski definition) is 4. The van der Waals surface area contributed by atoms with Crippen LogP contribution in [0.5, 0.6) is 5.75 Å². The molecule has 1 amide bonds. The van der Waals surface area contributed by atoms with Crippen LogP contribution in [0.2, 0.25) is 0 Å². The molecule has 26 heavy (non-hydrogen) atoms. The number of hydrogen-bond donors (Lipinski definition) is 0. The molecule has 5 nitrogen and oxygen atoms in total. The molecule has 1 aliphatic rings. The summed E-state index contributed by atoms with van der Waals surface area (Å²) < 4.78 is 5.22. The van der Waals surface area contributed by atoms with Crippen molar-refractivity contribution in [1.82, 2.24) is 4.90 Å². The first-order valence-corrected chi connectivity index (χ1v) is 8.83. The molecule has 5 heteroatoms. The van der Waals surface area contributed by atoms with E-state index >= 15 is 0 Å². The number of methoxy groups -OCH3 is 1. The minimum Gasteiger partial charge on any atom is -0.497 e. The van der Waals surface area contributed by atoms with E-state index in [0.717, 1.165) is 35.7 Å². The van der Waals surface area contributed by atoms with Gasteiger partial charge in [-0.05, 0) is 48.9 Å². The fourth-order valence-electron chi connectivity index (χ4n) is 3.19. The summed E-state index contributed by atoms with van der Waals surface area (Å²) in [5, 5.41) is 0. The van der Waals surface area contributed by atoms with Gasteiger partial charge in [0.05, 0.1) is 13.5 Å². The van der Waals surface area contributed by atoms with E-state index in [1.807, 2.05) is 53.4 Å². The van der Waals surface area contributed by atoms with Crippen molar-refractivity contribution >= 4 is 17.4 Å². The largest absolute Gasteiger partial charge is 0.497 e. The molecule has 2 aromatic rings. The number of Topliss-reactive ketones (excluding diaryl/α,β-unsaturated/α-hetero) is 1. The molecule has 3 rings (SSSR count). The molecule has 136 valence electrons. The van der Waals surface area contributed by atoms with Gasteiger partial charge in [0.15, 0.2) is 5.78 Å². The van der Waals surface area contributed by atoms with Gasteiger partial charge in [-0.1, -0.05) is 12.1 Å². The number of carbonyl (C=O) groups is 2. The first-order chi connectivity index (χ1) is 12.6. The van der Waals surface area contributed by atoms with Crippen molar-refractivity contribution in [3.05, 3.63) is 59.7 Å². The van der Waals surface area contributed by atoms with Gasteiger partial charge in [0, 0.05) is 37.4 Å². The van der Waals surface area contributed by atoms with E-state index in [1.165, 1.54) is 0 Å². The standard InChI is InChI=1S/C21H24N2O3/c1-16(24)18-6-8-19(9-7-18)22-10-12-23(13-11-22)21(25)15-17-4-3-5-20(14-17)26-2/h3-9,14H,10-13,15H2,1-2H3. The molecule has 1 fully saturated rings. The molecule has 1 saturated heterocycles. The summed E-state index contributed by atoms with van der Waals surface area (Å²) >= 11 is 0. The highest BCUT2D eigenvalue weighted by atomic mass is 16.5. The average molecular weight is 352 g/mol. The molecule has 0 N–H and O–H groups in total. The second-order valence-electron chi connectivity index (χ2n) is 6.50. The van der Waals surface area contributed by atoms with Crippen LogP contribution < -0.4 is 9.64 Å².